The SMILES string of the molecule is CC(CCCC(=O)NCc1ccccc1)Oc1ccc2c(c1)CN1CC(=O)NC1=N2. The largest absolute Gasteiger partial charge is 0.491 e. The van der Waals surface area contributed by atoms with Crippen molar-refractivity contribution in [2.24, 2.45) is 4.99 Å². The standard InChI is InChI=1S/C23H26N4O3/c1-16(6-5-9-21(28)24-13-17-7-3-2-4-8-17)30-19-10-11-20-18(12-19)14-27-15-22(29)26-23(27)25-20/h2-4,7-8,10-12,16H,5-6,9,13-15H2,1H3,(H,24,28)(H,25,26,29). The Bertz CT molecular complexity index is 958. The number of hydrogen-bond donors (Lipinski definition) is 2. The van der Waals surface area contributed by atoms with Crippen LogP contribution in [-0.4, -0.2) is 35.3 Å². The summed E-state index contributed by atoms with van der Waals surface area (Å²) in [6, 6.07) is 15.7. The highest BCUT2D eigenvalue weighted by atomic mass is 16.5. The van der Waals surface area contributed by atoms with Crippen molar-refractivity contribution in [1.82, 2.24) is 15.5 Å². The highest BCUT2D eigenvalue weighted by Crippen LogP contribution is 2.31. The first-order valence-electron chi connectivity index (χ1n) is 10.3. The number of nitrogens with zero attached hydrogens (tertiary/aromatic N) is 2. The normalized spacial score (nSPS) is 15.6. The lowest BCUT2D eigenvalue weighted by Gasteiger charge is -2.23. The van der Waals surface area contributed by atoms with E-state index < -0.39 is 0 Å². The fraction of sp³-hybridized carbons (Fsp3) is 0.348. The predicted molar refractivity (Wildman–Crippen MR) is 114 cm³/mol. The van der Waals surface area contributed by atoms with E-state index in [9.17, 15) is 9.59 Å². The average molecular weight is 406 g/mol. The third kappa shape index (κ3) is 4.97. The van der Waals surface area contributed by atoms with Crippen molar-refractivity contribution in [3.63, 3.8) is 0 Å². The minimum Gasteiger partial charge on any atom is -0.491 e. The van der Waals surface area contributed by atoms with Gasteiger partial charge in [0.2, 0.25) is 17.8 Å². The van der Waals surface area contributed by atoms with Gasteiger partial charge in [-0.25, -0.2) is 4.99 Å². The van der Waals surface area contributed by atoms with E-state index in [1.54, 1.807) is 0 Å². The van der Waals surface area contributed by atoms with Crippen LogP contribution in [0.5, 0.6) is 5.75 Å². The van der Waals surface area contributed by atoms with Gasteiger partial charge in [-0.15, -0.1) is 0 Å². The molecule has 2 heterocycles. The van der Waals surface area contributed by atoms with Crippen molar-refractivity contribution < 1.29 is 14.3 Å². The quantitative estimate of drug-likeness (QED) is 0.706. The molecule has 7 nitrogen and oxygen atoms in total. The third-order valence-corrected chi connectivity index (χ3v) is 5.21. The van der Waals surface area contributed by atoms with Gasteiger partial charge in [-0.05, 0) is 43.5 Å². The molecule has 2 aromatic carbocycles. The number of ether oxygens (including phenoxy) is 1. The number of hydrogen-bond acceptors (Lipinski definition) is 5. The van der Waals surface area contributed by atoms with Crippen molar-refractivity contribution in [3.05, 3.63) is 59.7 Å². The third-order valence-electron chi connectivity index (χ3n) is 5.21. The van der Waals surface area contributed by atoms with Crippen molar-refractivity contribution in [2.45, 2.75) is 45.4 Å². The Kier molecular flexibility index (Phi) is 5.97. The van der Waals surface area contributed by atoms with Gasteiger partial charge >= 0.3 is 0 Å². The number of fused-ring (bicyclic) bond motifs is 2. The Morgan fingerprint density at radius 2 is 2.07 bits per heavy atom. The van der Waals surface area contributed by atoms with Gasteiger partial charge in [0.15, 0.2) is 0 Å². The van der Waals surface area contributed by atoms with Gasteiger partial charge in [-0.2, -0.15) is 0 Å². The molecule has 1 saturated heterocycles. The van der Waals surface area contributed by atoms with Gasteiger partial charge < -0.3 is 15.0 Å². The second kappa shape index (κ2) is 8.98. The summed E-state index contributed by atoms with van der Waals surface area (Å²) in [6.45, 7) is 3.55. The zero-order valence-electron chi connectivity index (χ0n) is 17.1. The van der Waals surface area contributed by atoms with Crippen LogP contribution in [0.2, 0.25) is 0 Å². The van der Waals surface area contributed by atoms with E-state index in [2.05, 4.69) is 15.6 Å². The number of carbonyl (C=O) groups excluding carboxylic acids is 2. The molecular formula is C23H26N4O3. The number of aliphatic imine (C=N–C) groups is 1. The van der Waals surface area contributed by atoms with Gasteiger partial charge in [-0.1, -0.05) is 30.3 Å². The van der Waals surface area contributed by atoms with Crippen LogP contribution in [0.1, 0.15) is 37.3 Å². The summed E-state index contributed by atoms with van der Waals surface area (Å²) < 4.78 is 6.04. The van der Waals surface area contributed by atoms with Gasteiger partial charge in [0.05, 0.1) is 11.8 Å². The van der Waals surface area contributed by atoms with Crippen molar-refractivity contribution in [1.29, 1.82) is 0 Å². The summed E-state index contributed by atoms with van der Waals surface area (Å²) in [5, 5.41) is 5.72. The van der Waals surface area contributed by atoms with E-state index >= 15 is 0 Å². The van der Waals surface area contributed by atoms with Crippen LogP contribution < -0.4 is 15.4 Å². The highest BCUT2D eigenvalue weighted by molar-refractivity contribution is 6.05. The topological polar surface area (TPSA) is 83.0 Å². The van der Waals surface area contributed by atoms with Gasteiger partial charge in [-0.3, -0.25) is 14.9 Å². The predicted octanol–water partition coefficient (Wildman–Crippen LogP) is 2.87. The van der Waals surface area contributed by atoms with E-state index in [1.807, 2.05) is 60.4 Å². The zero-order chi connectivity index (χ0) is 20.9. The molecule has 2 amide bonds. The first kappa shape index (κ1) is 19.9. The first-order chi connectivity index (χ1) is 14.6. The molecule has 0 aliphatic carbocycles. The maximum absolute atomic E-state index is 12.0. The van der Waals surface area contributed by atoms with Gasteiger partial charge in [0, 0.05) is 25.1 Å². The van der Waals surface area contributed by atoms with Crippen LogP contribution in [0.3, 0.4) is 0 Å². The van der Waals surface area contributed by atoms with E-state index in [1.165, 1.54) is 0 Å². The second-order valence-electron chi connectivity index (χ2n) is 7.71. The van der Waals surface area contributed by atoms with Crippen LogP contribution in [-0.2, 0) is 22.7 Å². The first-order valence-corrected chi connectivity index (χ1v) is 10.3. The van der Waals surface area contributed by atoms with Crippen molar-refractivity contribution in [3.8, 4) is 5.75 Å². The molecule has 0 spiro atoms. The molecule has 2 aliphatic heterocycles. The molecule has 0 aromatic heterocycles. The number of rotatable bonds is 8. The van der Waals surface area contributed by atoms with E-state index in [0.29, 0.717) is 32.0 Å². The Labute approximate surface area is 176 Å². The Balaban J connectivity index is 1.21. The summed E-state index contributed by atoms with van der Waals surface area (Å²) in [5.41, 5.74) is 3.00. The molecule has 1 atom stereocenters. The van der Waals surface area contributed by atoms with E-state index in [4.69, 9.17) is 4.74 Å². The summed E-state index contributed by atoms with van der Waals surface area (Å²) in [5.74, 6) is 1.44. The Morgan fingerprint density at radius 1 is 1.23 bits per heavy atom. The molecule has 1 fully saturated rings. The summed E-state index contributed by atoms with van der Waals surface area (Å²) in [6.07, 6.45) is 2.05. The smallest absolute Gasteiger partial charge is 0.246 e. The molecule has 0 bridgehead atoms. The minimum absolute atomic E-state index is 0.00246. The van der Waals surface area contributed by atoms with E-state index in [-0.39, 0.29) is 17.9 Å². The second-order valence-corrected chi connectivity index (χ2v) is 7.71. The number of benzene rings is 2. The van der Waals surface area contributed by atoms with Crippen LogP contribution in [0.25, 0.3) is 0 Å². The van der Waals surface area contributed by atoms with E-state index in [0.717, 1.165) is 35.4 Å². The number of amides is 2. The maximum Gasteiger partial charge on any atom is 0.246 e. The molecule has 2 aliphatic rings. The minimum atomic E-state index is -0.0283. The van der Waals surface area contributed by atoms with Gasteiger partial charge in [0.25, 0.3) is 0 Å². The lowest BCUT2D eigenvalue weighted by molar-refractivity contribution is -0.121. The van der Waals surface area contributed by atoms with Crippen LogP contribution in [0.15, 0.2) is 53.5 Å². The lowest BCUT2D eigenvalue weighted by Crippen LogP contribution is -2.32. The maximum atomic E-state index is 12.0. The molecule has 7 heteroatoms. The molecule has 4 rings (SSSR count). The number of nitrogens with one attached hydrogen (secondary N) is 2. The van der Waals surface area contributed by atoms with Crippen LogP contribution in [0, 0.1) is 0 Å². The van der Waals surface area contributed by atoms with Crippen LogP contribution >= 0.6 is 0 Å². The molecule has 30 heavy (non-hydrogen) atoms. The zero-order valence-corrected chi connectivity index (χ0v) is 17.1. The lowest BCUT2D eigenvalue weighted by atomic mass is 10.1. The molecular weight excluding hydrogens is 380 g/mol. The molecule has 2 N–H and O–H groups in total. The molecule has 156 valence electrons. The summed E-state index contributed by atoms with van der Waals surface area (Å²) in [4.78, 5) is 30.0. The Morgan fingerprint density at radius 3 is 2.90 bits per heavy atom. The molecule has 0 radical (unpaired) electrons. The fourth-order valence-electron chi connectivity index (χ4n) is 3.64. The molecule has 2 aromatic rings. The van der Waals surface area contributed by atoms with Crippen molar-refractivity contribution >= 4 is 23.5 Å². The average Bonchev–Trinajstić information content (AvgIpc) is 3.10. The Hall–Kier alpha value is -3.35. The molecule has 0 saturated carbocycles. The van der Waals surface area contributed by atoms with Crippen molar-refractivity contribution in [2.75, 3.05) is 6.54 Å². The van der Waals surface area contributed by atoms with Crippen LogP contribution in [0.4, 0.5) is 5.69 Å². The molecule has 1 unspecified atom stereocenters. The van der Waals surface area contributed by atoms with Gasteiger partial charge in [0.1, 0.15) is 12.3 Å². The highest BCUT2D eigenvalue weighted by Gasteiger charge is 2.29. The fourth-order valence-corrected chi connectivity index (χ4v) is 3.64. The summed E-state index contributed by atoms with van der Waals surface area (Å²) in [7, 11) is 0. The number of guanidine groups is 1. The monoisotopic (exact) mass is 406 g/mol. The number of carbonyl (C=O) groups is 2. The summed E-state index contributed by atoms with van der Waals surface area (Å²) >= 11 is 0.